The monoisotopic (exact) mass is 516 g/mol. The minimum atomic E-state index is -3.97. The maximum absolute atomic E-state index is 13.7. The quantitative estimate of drug-likeness (QED) is 0.534. The molecule has 9 heteroatoms. The van der Waals surface area contributed by atoms with Crippen LogP contribution >= 0.6 is 0 Å². The van der Waals surface area contributed by atoms with Gasteiger partial charge >= 0.3 is 5.97 Å². The van der Waals surface area contributed by atoms with Crippen molar-refractivity contribution in [1.82, 2.24) is 0 Å². The van der Waals surface area contributed by atoms with Crippen LogP contribution in [-0.4, -0.2) is 47.4 Å². The van der Waals surface area contributed by atoms with E-state index in [2.05, 4.69) is 0 Å². The van der Waals surface area contributed by atoms with Gasteiger partial charge in [-0.2, -0.15) is 0 Å². The van der Waals surface area contributed by atoms with Gasteiger partial charge in [0.15, 0.2) is 15.9 Å². The molecule has 1 heterocycles. The summed E-state index contributed by atoms with van der Waals surface area (Å²) in [6.45, 7) is 1.66. The molecule has 0 N–H and O–H groups in total. The molecule has 0 aromatic heterocycles. The average Bonchev–Trinajstić information content (AvgIpc) is 2.85. The van der Waals surface area contributed by atoms with Crippen LogP contribution in [0.5, 0.6) is 0 Å². The van der Waals surface area contributed by atoms with Gasteiger partial charge in [0.1, 0.15) is 0 Å². The van der Waals surface area contributed by atoms with Crippen LogP contribution in [0.1, 0.15) is 32.6 Å². The van der Waals surface area contributed by atoms with E-state index >= 15 is 0 Å². The topological polar surface area (TPSA) is 104 Å². The molecule has 2 unspecified atom stereocenters. The molecular formula is C26H28O7S2. The summed E-state index contributed by atoms with van der Waals surface area (Å²) in [6.07, 6.45) is 1.76. The van der Waals surface area contributed by atoms with Gasteiger partial charge in [-0.25, -0.2) is 21.6 Å². The molecule has 186 valence electrons. The van der Waals surface area contributed by atoms with Crippen molar-refractivity contribution in [3.8, 4) is 0 Å². The normalized spacial score (nSPS) is 22.8. The zero-order valence-electron chi connectivity index (χ0n) is 19.4. The van der Waals surface area contributed by atoms with Crippen LogP contribution in [0.15, 0.2) is 92.6 Å². The first kappa shape index (κ1) is 25.3. The fourth-order valence-electron chi connectivity index (χ4n) is 4.53. The number of carbonyl (C=O) groups excluding carboxylic acids is 1. The van der Waals surface area contributed by atoms with Crippen molar-refractivity contribution >= 4 is 25.6 Å². The molecular weight excluding hydrogens is 488 g/mol. The molecule has 0 fully saturated rings. The van der Waals surface area contributed by atoms with E-state index in [1.165, 1.54) is 24.3 Å². The number of hydrogen-bond acceptors (Lipinski definition) is 7. The Hall–Kier alpha value is -2.75. The lowest BCUT2D eigenvalue weighted by atomic mass is 9.92. The second-order valence-electron chi connectivity index (χ2n) is 8.42. The number of rotatable bonds is 6. The van der Waals surface area contributed by atoms with E-state index in [0.717, 1.165) is 0 Å². The van der Waals surface area contributed by atoms with Crippen molar-refractivity contribution in [2.45, 2.75) is 53.8 Å². The standard InChI is InChI=1S/C26H28O7S2/c1-2-32-26(27)23-17-21-22(18-33-23)25(35(30,31)20-13-7-4-8-14-20)16-10-9-15-24(21)34(28,29)19-11-5-3-6-12-19/h3-8,11-15,23,25H,2,9-10,16-18H2,1H3/b24-15+. The van der Waals surface area contributed by atoms with Crippen molar-refractivity contribution in [2.24, 2.45) is 0 Å². The summed E-state index contributed by atoms with van der Waals surface area (Å²) in [7, 11) is -7.80. The van der Waals surface area contributed by atoms with Crippen molar-refractivity contribution < 1.29 is 31.1 Å². The summed E-state index contributed by atoms with van der Waals surface area (Å²) in [5.74, 6) is -0.597. The second kappa shape index (κ2) is 10.5. The van der Waals surface area contributed by atoms with Crippen molar-refractivity contribution in [3.05, 3.63) is 82.8 Å². The Morgan fingerprint density at radius 1 is 0.971 bits per heavy atom. The van der Waals surface area contributed by atoms with E-state index < -0.39 is 37.0 Å². The van der Waals surface area contributed by atoms with Crippen LogP contribution in [0.2, 0.25) is 0 Å². The van der Waals surface area contributed by atoms with E-state index in [-0.39, 0.29) is 34.3 Å². The fraction of sp³-hybridized carbons (Fsp3) is 0.346. The summed E-state index contributed by atoms with van der Waals surface area (Å²) in [5, 5.41) is -0.960. The zero-order chi connectivity index (χ0) is 25.1. The first-order chi connectivity index (χ1) is 16.8. The Kier molecular flexibility index (Phi) is 7.59. The summed E-state index contributed by atoms with van der Waals surface area (Å²) >= 11 is 0. The number of hydrogen-bond donors (Lipinski definition) is 0. The molecule has 0 saturated carbocycles. The molecule has 2 aliphatic rings. The number of sulfone groups is 2. The van der Waals surface area contributed by atoms with Gasteiger partial charge in [-0.15, -0.1) is 0 Å². The number of carbonyl (C=O) groups is 1. The highest BCUT2D eigenvalue weighted by molar-refractivity contribution is 7.95. The number of ether oxygens (including phenoxy) is 2. The van der Waals surface area contributed by atoms with Crippen molar-refractivity contribution in [1.29, 1.82) is 0 Å². The van der Waals surface area contributed by atoms with Crippen LogP contribution in [0, 0.1) is 0 Å². The summed E-state index contributed by atoms with van der Waals surface area (Å²) in [4.78, 5) is 12.8. The smallest absolute Gasteiger partial charge is 0.335 e. The van der Waals surface area contributed by atoms with E-state index in [9.17, 15) is 21.6 Å². The third-order valence-corrected chi connectivity index (χ3v) is 10.3. The molecule has 0 radical (unpaired) electrons. The summed E-state index contributed by atoms with van der Waals surface area (Å²) < 4.78 is 65.7. The van der Waals surface area contributed by atoms with E-state index in [0.29, 0.717) is 30.4 Å². The summed E-state index contributed by atoms with van der Waals surface area (Å²) in [6, 6.07) is 16.2. The average molecular weight is 517 g/mol. The molecule has 2 aromatic rings. The molecule has 7 nitrogen and oxygen atoms in total. The molecule has 0 spiro atoms. The van der Waals surface area contributed by atoms with Gasteiger partial charge < -0.3 is 9.47 Å². The third-order valence-electron chi connectivity index (χ3n) is 6.24. The maximum atomic E-state index is 13.7. The molecule has 1 aliphatic heterocycles. The van der Waals surface area contributed by atoms with Crippen molar-refractivity contribution in [3.63, 3.8) is 0 Å². The van der Waals surface area contributed by atoms with Crippen LogP contribution < -0.4 is 0 Å². The molecule has 0 bridgehead atoms. The Bertz CT molecular complexity index is 1340. The van der Waals surface area contributed by atoms with Gasteiger partial charge in [-0.1, -0.05) is 42.5 Å². The Morgan fingerprint density at radius 3 is 2.23 bits per heavy atom. The Balaban J connectivity index is 1.88. The van der Waals surface area contributed by atoms with Gasteiger partial charge in [-0.3, -0.25) is 0 Å². The molecule has 35 heavy (non-hydrogen) atoms. The third kappa shape index (κ3) is 5.12. The molecule has 0 saturated heterocycles. The van der Waals surface area contributed by atoms with Gasteiger partial charge in [-0.05, 0) is 61.6 Å². The van der Waals surface area contributed by atoms with Crippen LogP contribution in [0.4, 0.5) is 0 Å². The lowest BCUT2D eigenvalue weighted by Crippen LogP contribution is -2.37. The van der Waals surface area contributed by atoms with Crippen LogP contribution in [-0.2, 0) is 33.9 Å². The highest BCUT2D eigenvalue weighted by Crippen LogP contribution is 2.40. The number of benzene rings is 2. The number of allylic oxidation sites excluding steroid dienone is 2. The molecule has 1 aliphatic carbocycles. The van der Waals surface area contributed by atoms with E-state index in [1.807, 2.05) is 0 Å². The molecule has 4 rings (SSSR count). The van der Waals surface area contributed by atoms with Gasteiger partial charge in [0.25, 0.3) is 0 Å². The predicted octanol–water partition coefficient (Wildman–Crippen LogP) is 4.02. The fourth-order valence-corrected chi connectivity index (χ4v) is 8.11. The summed E-state index contributed by atoms with van der Waals surface area (Å²) in [5.41, 5.74) is 0.724. The Morgan fingerprint density at radius 2 is 1.60 bits per heavy atom. The molecule has 0 amide bonds. The lowest BCUT2D eigenvalue weighted by Gasteiger charge is -2.33. The molecule has 2 atom stereocenters. The van der Waals surface area contributed by atoms with Gasteiger partial charge in [0.2, 0.25) is 9.84 Å². The maximum Gasteiger partial charge on any atom is 0.335 e. The highest BCUT2D eigenvalue weighted by atomic mass is 32.2. The largest absolute Gasteiger partial charge is 0.464 e. The van der Waals surface area contributed by atoms with Gasteiger partial charge in [0, 0.05) is 6.42 Å². The van der Waals surface area contributed by atoms with Crippen LogP contribution in [0.3, 0.4) is 0 Å². The highest BCUT2D eigenvalue weighted by Gasteiger charge is 2.41. The number of esters is 1. The lowest BCUT2D eigenvalue weighted by molar-refractivity contribution is -0.156. The van der Waals surface area contributed by atoms with Crippen molar-refractivity contribution in [2.75, 3.05) is 13.2 Å². The minimum absolute atomic E-state index is 0.0456. The first-order valence-corrected chi connectivity index (χ1v) is 14.6. The Labute approximate surface area is 206 Å². The predicted molar refractivity (Wildman–Crippen MR) is 131 cm³/mol. The van der Waals surface area contributed by atoms with E-state index in [4.69, 9.17) is 9.47 Å². The molecule has 2 aromatic carbocycles. The second-order valence-corrected chi connectivity index (χ2v) is 12.5. The SMILES string of the molecule is CCOC(=O)C1CC2=C(CO1)C(S(=O)(=O)c1ccccc1)CCC/C=C\2S(=O)(=O)c1ccccc1. The van der Waals surface area contributed by atoms with E-state index in [1.54, 1.807) is 49.4 Å². The first-order valence-electron chi connectivity index (χ1n) is 11.6. The zero-order valence-corrected chi connectivity index (χ0v) is 21.1. The minimum Gasteiger partial charge on any atom is -0.464 e. The van der Waals surface area contributed by atoms with Gasteiger partial charge in [0.05, 0.1) is 33.2 Å². The van der Waals surface area contributed by atoms with Crippen LogP contribution in [0.25, 0.3) is 0 Å².